The number of nitrogens with one attached hydrogen (secondary N) is 1. The standard InChI is InChI=1S/C28H29FN2O5/c1-28(2,3)30-26(32)25(18-9-12-20(29)13-10-18)31(21-7-5-6-8-22(21)34-4)27(33)19-11-14-23-24(17-19)36-16-15-35-23/h5-14,17,25H,15-16H2,1-4H3,(H,30,32)/t25-/m1/s1. The van der Waals surface area contributed by atoms with Crippen molar-refractivity contribution in [3.8, 4) is 17.2 Å². The van der Waals surface area contributed by atoms with Gasteiger partial charge in [-0.2, -0.15) is 0 Å². The Labute approximate surface area is 209 Å². The predicted octanol–water partition coefficient (Wildman–Crippen LogP) is 4.91. The summed E-state index contributed by atoms with van der Waals surface area (Å²) in [7, 11) is 1.49. The SMILES string of the molecule is COc1ccccc1N(C(=O)c1ccc2c(c1)OCCO2)[C@@H](C(=O)NC(C)(C)C)c1ccc(F)cc1. The Kier molecular flexibility index (Phi) is 7.15. The molecule has 0 aliphatic carbocycles. The first kappa shape index (κ1) is 25.0. The lowest BCUT2D eigenvalue weighted by molar-refractivity contribution is -0.123. The van der Waals surface area contributed by atoms with Crippen LogP contribution in [0.15, 0.2) is 66.7 Å². The first-order chi connectivity index (χ1) is 17.2. The summed E-state index contributed by atoms with van der Waals surface area (Å²) < 4.78 is 30.6. The molecule has 0 saturated heterocycles. The minimum Gasteiger partial charge on any atom is -0.495 e. The number of ether oxygens (including phenoxy) is 3. The van der Waals surface area contributed by atoms with Gasteiger partial charge in [0, 0.05) is 11.1 Å². The van der Waals surface area contributed by atoms with Crippen LogP contribution in [0.5, 0.6) is 17.2 Å². The molecule has 0 radical (unpaired) electrons. The summed E-state index contributed by atoms with van der Waals surface area (Å²) in [6.07, 6.45) is 0. The van der Waals surface area contributed by atoms with Crippen LogP contribution in [0, 0.1) is 5.82 Å². The van der Waals surface area contributed by atoms with Gasteiger partial charge in [0.2, 0.25) is 5.91 Å². The molecule has 4 rings (SSSR count). The molecule has 0 fully saturated rings. The highest BCUT2D eigenvalue weighted by Gasteiger charge is 2.36. The molecule has 36 heavy (non-hydrogen) atoms. The summed E-state index contributed by atoms with van der Waals surface area (Å²) in [5, 5.41) is 2.96. The third-order valence-corrected chi connectivity index (χ3v) is 5.54. The van der Waals surface area contributed by atoms with E-state index in [2.05, 4.69) is 5.32 Å². The van der Waals surface area contributed by atoms with Crippen molar-refractivity contribution in [2.24, 2.45) is 0 Å². The van der Waals surface area contributed by atoms with Gasteiger partial charge in [0.25, 0.3) is 5.91 Å². The molecule has 1 atom stereocenters. The number of nitrogens with zero attached hydrogens (tertiary/aromatic N) is 1. The molecule has 3 aromatic rings. The number of amides is 2. The lowest BCUT2D eigenvalue weighted by atomic mass is 9.99. The molecule has 1 aliphatic rings. The van der Waals surface area contributed by atoms with Gasteiger partial charge in [-0.3, -0.25) is 14.5 Å². The molecule has 0 aromatic heterocycles. The Morgan fingerprint density at radius 2 is 1.64 bits per heavy atom. The van der Waals surface area contributed by atoms with E-state index in [1.165, 1.54) is 36.3 Å². The molecule has 0 bridgehead atoms. The second-order valence-corrected chi connectivity index (χ2v) is 9.40. The number of halogens is 1. The Morgan fingerprint density at radius 1 is 0.972 bits per heavy atom. The van der Waals surface area contributed by atoms with Gasteiger partial charge in [0.15, 0.2) is 11.5 Å². The Bertz CT molecular complexity index is 1250. The maximum Gasteiger partial charge on any atom is 0.259 e. The molecule has 0 unspecified atom stereocenters. The number of hydrogen-bond donors (Lipinski definition) is 1. The van der Waals surface area contributed by atoms with E-state index < -0.39 is 29.2 Å². The average Bonchev–Trinajstić information content (AvgIpc) is 2.86. The molecule has 0 saturated carbocycles. The van der Waals surface area contributed by atoms with Crippen LogP contribution in [0.2, 0.25) is 0 Å². The molecule has 1 heterocycles. The molecular weight excluding hydrogens is 463 g/mol. The number of hydrogen-bond acceptors (Lipinski definition) is 5. The second kappa shape index (κ2) is 10.3. The molecule has 188 valence electrons. The average molecular weight is 493 g/mol. The van der Waals surface area contributed by atoms with Crippen molar-refractivity contribution in [1.82, 2.24) is 5.32 Å². The molecule has 8 heteroatoms. The van der Waals surface area contributed by atoms with Crippen LogP contribution >= 0.6 is 0 Å². The minimum absolute atomic E-state index is 0.292. The quantitative estimate of drug-likeness (QED) is 0.529. The Hall–Kier alpha value is -4.07. The summed E-state index contributed by atoms with van der Waals surface area (Å²) in [5.41, 5.74) is 0.538. The van der Waals surface area contributed by atoms with Crippen molar-refractivity contribution in [3.05, 3.63) is 83.7 Å². The van der Waals surface area contributed by atoms with Crippen LogP contribution in [0.4, 0.5) is 10.1 Å². The van der Waals surface area contributed by atoms with E-state index in [1.807, 2.05) is 20.8 Å². The number of benzene rings is 3. The normalized spacial score (nSPS) is 13.5. The van der Waals surface area contributed by atoms with Crippen molar-refractivity contribution < 1.29 is 28.2 Å². The molecule has 3 aromatic carbocycles. The fraction of sp³-hybridized carbons (Fsp3) is 0.286. The zero-order valence-electron chi connectivity index (χ0n) is 20.7. The van der Waals surface area contributed by atoms with Crippen LogP contribution < -0.4 is 24.4 Å². The second-order valence-electron chi connectivity index (χ2n) is 9.40. The van der Waals surface area contributed by atoms with Crippen molar-refractivity contribution in [2.45, 2.75) is 32.4 Å². The van der Waals surface area contributed by atoms with Crippen molar-refractivity contribution in [3.63, 3.8) is 0 Å². The number of para-hydroxylation sites is 2. The lowest BCUT2D eigenvalue weighted by Crippen LogP contribution is -2.49. The third-order valence-electron chi connectivity index (χ3n) is 5.54. The van der Waals surface area contributed by atoms with Gasteiger partial charge < -0.3 is 19.5 Å². The van der Waals surface area contributed by atoms with Gasteiger partial charge in [-0.1, -0.05) is 24.3 Å². The van der Waals surface area contributed by atoms with Gasteiger partial charge in [0.05, 0.1) is 12.8 Å². The van der Waals surface area contributed by atoms with Crippen molar-refractivity contribution >= 4 is 17.5 Å². The largest absolute Gasteiger partial charge is 0.495 e. The topological polar surface area (TPSA) is 77.1 Å². The number of carbonyl (C=O) groups excluding carboxylic acids is 2. The smallest absolute Gasteiger partial charge is 0.259 e. The Morgan fingerprint density at radius 3 is 2.31 bits per heavy atom. The van der Waals surface area contributed by atoms with Gasteiger partial charge in [-0.15, -0.1) is 0 Å². The summed E-state index contributed by atoms with van der Waals surface area (Å²) in [6.45, 7) is 6.34. The van der Waals surface area contributed by atoms with Gasteiger partial charge in [-0.25, -0.2) is 4.39 Å². The van der Waals surface area contributed by atoms with Crippen LogP contribution in [0.25, 0.3) is 0 Å². The molecule has 7 nitrogen and oxygen atoms in total. The third kappa shape index (κ3) is 5.43. The fourth-order valence-electron chi connectivity index (χ4n) is 4.01. The summed E-state index contributed by atoms with van der Waals surface area (Å²) >= 11 is 0. The van der Waals surface area contributed by atoms with E-state index in [9.17, 15) is 14.0 Å². The highest BCUT2D eigenvalue weighted by Crippen LogP contribution is 2.38. The van der Waals surface area contributed by atoms with Crippen LogP contribution in [0.3, 0.4) is 0 Å². The van der Waals surface area contributed by atoms with Crippen LogP contribution in [-0.4, -0.2) is 37.7 Å². The molecular formula is C28H29FN2O5. The first-order valence-corrected chi connectivity index (χ1v) is 11.6. The highest BCUT2D eigenvalue weighted by molar-refractivity contribution is 6.11. The molecule has 1 aliphatic heterocycles. The number of fused-ring (bicyclic) bond motifs is 1. The molecule has 2 amide bonds. The van der Waals surface area contributed by atoms with E-state index >= 15 is 0 Å². The highest BCUT2D eigenvalue weighted by atomic mass is 19.1. The zero-order valence-corrected chi connectivity index (χ0v) is 20.7. The van der Waals surface area contributed by atoms with Crippen LogP contribution in [0.1, 0.15) is 42.7 Å². The molecule has 1 N–H and O–H groups in total. The maximum absolute atomic E-state index is 14.2. The van der Waals surface area contributed by atoms with E-state index in [1.54, 1.807) is 42.5 Å². The molecule has 0 spiro atoms. The number of carbonyl (C=O) groups is 2. The number of rotatable bonds is 6. The fourth-order valence-corrected chi connectivity index (χ4v) is 4.01. The van der Waals surface area contributed by atoms with E-state index in [0.717, 1.165) is 0 Å². The van der Waals surface area contributed by atoms with Gasteiger partial charge in [-0.05, 0) is 68.8 Å². The zero-order chi connectivity index (χ0) is 25.9. The maximum atomic E-state index is 14.2. The van der Waals surface area contributed by atoms with E-state index in [0.29, 0.717) is 47.3 Å². The lowest BCUT2D eigenvalue weighted by Gasteiger charge is -2.34. The Balaban J connectivity index is 1.89. The predicted molar refractivity (Wildman–Crippen MR) is 134 cm³/mol. The summed E-state index contributed by atoms with van der Waals surface area (Å²) in [6, 6.07) is 16.3. The summed E-state index contributed by atoms with van der Waals surface area (Å²) in [4.78, 5) is 29.3. The van der Waals surface area contributed by atoms with E-state index in [4.69, 9.17) is 14.2 Å². The van der Waals surface area contributed by atoms with Crippen molar-refractivity contribution in [1.29, 1.82) is 0 Å². The monoisotopic (exact) mass is 492 g/mol. The van der Waals surface area contributed by atoms with Crippen LogP contribution in [-0.2, 0) is 4.79 Å². The van der Waals surface area contributed by atoms with E-state index in [-0.39, 0.29) is 0 Å². The van der Waals surface area contributed by atoms with Crippen molar-refractivity contribution in [2.75, 3.05) is 25.2 Å². The summed E-state index contributed by atoms with van der Waals surface area (Å²) in [5.74, 6) is 0.0577. The number of methoxy groups -OCH3 is 1. The number of anilines is 1. The minimum atomic E-state index is -1.12. The van der Waals surface area contributed by atoms with Gasteiger partial charge >= 0.3 is 0 Å². The van der Waals surface area contributed by atoms with Gasteiger partial charge in [0.1, 0.15) is 30.8 Å². The first-order valence-electron chi connectivity index (χ1n) is 11.6.